The molecule has 1 aromatic heterocycles. The van der Waals surface area contributed by atoms with Crippen LogP contribution < -0.4 is 0 Å². The molecule has 11 heavy (non-hydrogen) atoms. The van der Waals surface area contributed by atoms with Gasteiger partial charge in [0.2, 0.25) is 0 Å². The smallest absolute Gasteiger partial charge is 0.107 e. The Morgan fingerprint density at radius 1 is 1.73 bits per heavy atom. The largest absolute Gasteiger partial charge is 0.390 e. The highest BCUT2D eigenvalue weighted by Crippen LogP contribution is 2.13. The molecule has 0 radical (unpaired) electrons. The lowest BCUT2D eigenvalue weighted by Crippen LogP contribution is -2.49. The molecule has 0 amide bonds. The number of β-amino-alcohol motifs (C(OH)–C–C–N with tert-alkyl or cyclic N) is 1. The molecule has 0 saturated carbocycles. The van der Waals surface area contributed by atoms with E-state index in [1.165, 1.54) is 0 Å². The van der Waals surface area contributed by atoms with Gasteiger partial charge < -0.3 is 5.11 Å². The summed E-state index contributed by atoms with van der Waals surface area (Å²) in [6.45, 7) is 2.51. The van der Waals surface area contributed by atoms with Crippen molar-refractivity contribution in [1.29, 1.82) is 0 Å². The second-order valence-electron chi connectivity index (χ2n) is 2.77. The van der Waals surface area contributed by atoms with Crippen molar-refractivity contribution in [2.75, 3.05) is 13.1 Å². The zero-order valence-electron chi connectivity index (χ0n) is 6.10. The van der Waals surface area contributed by atoms with E-state index >= 15 is 0 Å². The van der Waals surface area contributed by atoms with Crippen molar-refractivity contribution >= 4 is 11.3 Å². The van der Waals surface area contributed by atoms with E-state index in [4.69, 9.17) is 5.11 Å². The average Bonchev–Trinajstić information content (AvgIpc) is 2.36. The SMILES string of the molecule is OC1CN(Cc2nccs2)C1. The number of likely N-dealkylation sites (tertiary alicyclic amines) is 1. The number of thiazole rings is 1. The predicted octanol–water partition coefficient (Wildman–Crippen LogP) is 0.320. The van der Waals surface area contributed by atoms with Crippen molar-refractivity contribution in [3.8, 4) is 0 Å². The fraction of sp³-hybridized carbons (Fsp3) is 0.571. The fourth-order valence-corrected chi connectivity index (χ4v) is 1.85. The third-order valence-corrected chi connectivity index (χ3v) is 2.54. The fourth-order valence-electron chi connectivity index (χ4n) is 1.19. The molecule has 1 aromatic rings. The van der Waals surface area contributed by atoms with Crippen molar-refractivity contribution in [2.45, 2.75) is 12.6 Å². The summed E-state index contributed by atoms with van der Waals surface area (Å²) in [5, 5.41) is 12.1. The molecule has 0 spiro atoms. The number of aliphatic hydroxyl groups excluding tert-OH is 1. The molecule has 2 rings (SSSR count). The molecule has 1 fully saturated rings. The maximum absolute atomic E-state index is 8.99. The summed E-state index contributed by atoms with van der Waals surface area (Å²) >= 11 is 1.67. The first-order valence-electron chi connectivity index (χ1n) is 3.63. The number of aromatic nitrogens is 1. The lowest BCUT2D eigenvalue weighted by molar-refractivity contribution is -0.00289. The van der Waals surface area contributed by atoms with Crippen molar-refractivity contribution < 1.29 is 5.11 Å². The van der Waals surface area contributed by atoms with Crippen LogP contribution in [0.5, 0.6) is 0 Å². The molecular weight excluding hydrogens is 160 g/mol. The van der Waals surface area contributed by atoms with Crippen LogP contribution in [-0.4, -0.2) is 34.2 Å². The molecule has 0 aromatic carbocycles. The Kier molecular flexibility index (Phi) is 1.89. The van der Waals surface area contributed by atoms with Gasteiger partial charge in [-0.15, -0.1) is 11.3 Å². The predicted molar refractivity (Wildman–Crippen MR) is 43.4 cm³/mol. The van der Waals surface area contributed by atoms with Gasteiger partial charge in [0.05, 0.1) is 12.6 Å². The molecule has 2 heterocycles. The summed E-state index contributed by atoms with van der Waals surface area (Å²) in [5.41, 5.74) is 0. The topological polar surface area (TPSA) is 36.4 Å². The second kappa shape index (κ2) is 2.89. The normalized spacial score (nSPS) is 20.1. The van der Waals surface area contributed by atoms with Crippen LogP contribution in [0.15, 0.2) is 11.6 Å². The monoisotopic (exact) mass is 170 g/mol. The van der Waals surface area contributed by atoms with Gasteiger partial charge in [-0.25, -0.2) is 4.98 Å². The number of hydrogen-bond acceptors (Lipinski definition) is 4. The first-order valence-corrected chi connectivity index (χ1v) is 4.51. The molecule has 0 unspecified atom stereocenters. The van der Waals surface area contributed by atoms with Crippen molar-refractivity contribution in [3.63, 3.8) is 0 Å². The zero-order chi connectivity index (χ0) is 7.68. The van der Waals surface area contributed by atoms with Gasteiger partial charge in [0.15, 0.2) is 0 Å². The van der Waals surface area contributed by atoms with Gasteiger partial charge >= 0.3 is 0 Å². The van der Waals surface area contributed by atoms with Crippen LogP contribution in [0.3, 0.4) is 0 Å². The summed E-state index contributed by atoms with van der Waals surface area (Å²) in [6, 6.07) is 0. The molecule has 0 bridgehead atoms. The quantitative estimate of drug-likeness (QED) is 0.694. The molecular formula is C7H10N2OS. The molecule has 4 heteroatoms. The van der Waals surface area contributed by atoms with E-state index in [2.05, 4.69) is 9.88 Å². The summed E-state index contributed by atoms with van der Waals surface area (Å²) in [5.74, 6) is 0. The Labute approximate surface area is 69.3 Å². The van der Waals surface area contributed by atoms with E-state index in [0.29, 0.717) is 0 Å². The first-order chi connectivity index (χ1) is 5.34. The highest BCUT2D eigenvalue weighted by atomic mass is 32.1. The Morgan fingerprint density at radius 2 is 2.55 bits per heavy atom. The van der Waals surface area contributed by atoms with Crippen LogP contribution in [0, 0.1) is 0 Å². The number of aliphatic hydroxyl groups is 1. The number of hydrogen-bond donors (Lipinski definition) is 1. The zero-order valence-corrected chi connectivity index (χ0v) is 6.92. The summed E-state index contributed by atoms with van der Waals surface area (Å²) in [4.78, 5) is 6.34. The molecule has 0 aliphatic carbocycles. The molecule has 1 aliphatic rings. The van der Waals surface area contributed by atoms with Crippen LogP contribution in [0.2, 0.25) is 0 Å². The van der Waals surface area contributed by atoms with Gasteiger partial charge in [-0.1, -0.05) is 0 Å². The molecule has 0 atom stereocenters. The van der Waals surface area contributed by atoms with E-state index in [1.807, 2.05) is 11.6 Å². The average molecular weight is 170 g/mol. The lowest BCUT2D eigenvalue weighted by atomic mass is 10.2. The van der Waals surface area contributed by atoms with Crippen LogP contribution in [0.1, 0.15) is 5.01 Å². The van der Waals surface area contributed by atoms with E-state index in [-0.39, 0.29) is 6.10 Å². The van der Waals surface area contributed by atoms with Crippen LogP contribution in [0.4, 0.5) is 0 Å². The van der Waals surface area contributed by atoms with Gasteiger partial charge in [0.1, 0.15) is 5.01 Å². The van der Waals surface area contributed by atoms with E-state index in [0.717, 1.165) is 24.6 Å². The highest BCUT2D eigenvalue weighted by molar-refractivity contribution is 7.09. The Morgan fingerprint density at radius 3 is 3.09 bits per heavy atom. The minimum Gasteiger partial charge on any atom is -0.390 e. The molecule has 1 aliphatic heterocycles. The summed E-state index contributed by atoms with van der Waals surface area (Å²) in [7, 11) is 0. The van der Waals surface area contributed by atoms with Crippen LogP contribution in [-0.2, 0) is 6.54 Å². The lowest BCUT2D eigenvalue weighted by Gasteiger charge is -2.34. The maximum Gasteiger partial charge on any atom is 0.107 e. The van der Waals surface area contributed by atoms with Crippen LogP contribution >= 0.6 is 11.3 Å². The first kappa shape index (κ1) is 7.21. The minimum atomic E-state index is -0.102. The Bertz CT molecular complexity index is 218. The van der Waals surface area contributed by atoms with Gasteiger partial charge in [-0.3, -0.25) is 4.90 Å². The minimum absolute atomic E-state index is 0.102. The van der Waals surface area contributed by atoms with Gasteiger partial charge in [0, 0.05) is 24.7 Å². The third kappa shape index (κ3) is 1.58. The van der Waals surface area contributed by atoms with Gasteiger partial charge in [-0.2, -0.15) is 0 Å². The maximum atomic E-state index is 8.99. The summed E-state index contributed by atoms with van der Waals surface area (Å²) in [6.07, 6.45) is 1.71. The third-order valence-electron chi connectivity index (χ3n) is 1.78. The number of rotatable bonds is 2. The Balaban J connectivity index is 1.84. The molecule has 1 saturated heterocycles. The van der Waals surface area contributed by atoms with E-state index in [9.17, 15) is 0 Å². The standard InChI is InChI=1S/C7H10N2OS/c10-6-3-9(4-6)5-7-8-1-2-11-7/h1-2,6,10H,3-5H2. The van der Waals surface area contributed by atoms with Gasteiger partial charge in [0.25, 0.3) is 0 Å². The van der Waals surface area contributed by atoms with Crippen molar-refractivity contribution in [2.24, 2.45) is 0 Å². The summed E-state index contributed by atoms with van der Waals surface area (Å²) < 4.78 is 0. The van der Waals surface area contributed by atoms with Crippen molar-refractivity contribution in [1.82, 2.24) is 9.88 Å². The Hall–Kier alpha value is -0.450. The van der Waals surface area contributed by atoms with Gasteiger partial charge in [-0.05, 0) is 0 Å². The van der Waals surface area contributed by atoms with Crippen LogP contribution in [0.25, 0.3) is 0 Å². The molecule has 1 N–H and O–H groups in total. The number of nitrogens with zero attached hydrogens (tertiary/aromatic N) is 2. The van der Waals surface area contributed by atoms with E-state index in [1.54, 1.807) is 11.3 Å². The van der Waals surface area contributed by atoms with E-state index < -0.39 is 0 Å². The highest BCUT2D eigenvalue weighted by Gasteiger charge is 2.24. The van der Waals surface area contributed by atoms with Crippen molar-refractivity contribution in [3.05, 3.63) is 16.6 Å². The second-order valence-corrected chi connectivity index (χ2v) is 3.75. The molecule has 3 nitrogen and oxygen atoms in total. The molecule has 60 valence electrons.